The minimum Gasteiger partial charge on any atom is -0.408 e. The number of hydrogen-bond acceptors (Lipinski definition) is 3. The van der Waals surface area contributed by atoms with Gasteiger partial charge in [0.05, 0.1) is 11.4 Å². The Morgan fingerprint density at radius 3 is 2.59 bits per heavy atom. The van der Waals surface area contributed by atoms with Crippen LogP contribution in [0.4, 0.5) is 4.39 Å². The molecule has 0 N–H and O–H groups in total. The molecule has 0 bridgehead atoms. The van der Waals surface area contributed by atoms with Gasteiger partial charge in [0, 0.05) is 16.7 Å². The number of nitrogens with zero attached hydrogens (tertiary/aromatic N) is 2. The minimum atomic E-state index is -0.362. The molecule has 0 unspecified atom stereocenters. The molecule has 0 amide bonds. The second-order valence-corrected chi connectivity index (χ2v) is 4.92. The summed E-state index contributed by atoms with van der Waals surface area (Å²) >= 11 is 5.88. The monoisotopic (exact) mass is 316 g/mol. The summed E-state index contributed by atoms with van der Waals surface area (Å²) < 4.78 is 19.8. The molecule has 4 nitrogen and oxygen atoms in total. The van der Waals surface area contributed by atoms with E-state index in [2.05, 4.69) is 5.10 Å². The van der Waals surface area contributed by atoms with E-state index < -0.39 is 0 Å². The smallest absolute Gasteiger partial charge is 0.299 e. The molecule has 6 heteroatoms. The van der Waals surface area contributed by atoms with Crippen LogP contribution in [0.25, 0.3) is 16.9 Å². The fourth-order valence-electron chi connectivity index (χ4n) is 2.10. The lowest BCUT2D eigenvalue weighted by atomic mass is 10.1. The van der Waals surface area contributed by atoms with Crippen LogP contribution in [0.5, 0.6) is 5.88 Å². The van der Waals surface area contributed by atoms with E-state index >= 15 is 0 Å². The van der Waals surface area contributed by atoms with Crippen LogP contribution in [0, 0.1) is 5.82 Å². The van der Waals surface area contributed by atoms with Gasteiger partial charge in [-0.2, -0.15) is 0 Å². The van der Waals surface area contributed by atoms with E-state index in [1.54, 1.807) is 47.1 Å². The van der Waals surface area contributed by atoms with Crippen LogP contribution in [0.2, 0.25) is 5.02 Å². The zero-order valence-corrected chi connectivity index (χ0v) is 12.0. The molecule has 0 atom stereocenters. The predicted octanol–water partition coefficient (Wildman–Crippen LogP) is 3.87. The normalized spacial score (nSPS) is 10.5. The summed E-state index contributed by atoms with van der Waals surface area (Å²) in [5.74, 6) is -0.233. The van der Waals surface area contributed by atoms with Crippen LogP contribution in [0.15, 0.2) is 54.6 Å². The number of halogens is 2. The molecular formula is C16H10ClFN2O2. The predicted molar refractivity (Wildman–Crippen MR) is 80.7 cm³/mol. The molecule has 0 aliphatic carbocycles. The summed E-state index contributed by atoms with van der Waals surface area (Å²) in [5.41, 5.74) is 1.92. The highest BCUT2D eigenvalue weighted by molar-refractivity contribution is 6.30. The largest absolute Gasteiger partial charge is 0.408 e. The molecule has 0 fully saturated rings. The first kappa shape index (κ1) is 14.3. The van der Waals surface area contributed by atoms with Gasteiger partial charge < -0.3 is 4.74 Å². The van der Waals surface area contributed by atoms with Crippen molar-refractivity contribution in [3.8, 4) is 22.8 Å². The van der Waals surface area contributed by atoms with Gasteiger partial charge in [-0.3, -0.25) is 4.79 Å². The zero-order chi connectivity index (χ0) is 15.5. The number of benzene rings is 2. The average molecular weight is 317 g/mol. The van der Waals surface area contributed by atoms with Crippen molar-refractivity contribution in [3.63, 3.8) is 0 Å². The summed E-state index contributed by atoms with van der Waals surface area (Å²) in [6.45, 7) is 0.296. The molecule has 3 rings (SSSR count). The molecule has 2 aromatic carbocycles. The van der Waals surface area contributed by atoms with E-state index in [1.807, 2.05) is 0 Å². The molecule has 1 heterocycles. The molecule has 1 aromatic heterocycles. The quantitative estimate of drug-likeness (QED) is 0.686. The standard InChI is InChI=1S/C16H10ClFN2O2/c17-12-4-6-14(7-5-12)20-15(9-16(19-20)22-10-21)11-2-1-3-13(18)8-11/h1-10H. The van der Waals surface area contributed by atoms with Gasteiger partial charge in [0.2, 0.25) is 5.88 Å². The number of ether oxygens (including phenoxy) is 1. The highest BCUT2D eigenvalue weighted by atomic mass is 35.5. The number of carbonyl (C=O) groups is 1. The summed E-state index contributed by atoms with van der Waals surface area (Å²) in [5, 5.41) is 4.79. The van der Waals surface area contributed by atoms with Gasteiger partial charge in [-0.05, 0) is 36.4 Å². The highest BCUT2D eigenvalue weighted by Crippen LogP contribution is 2.27. The third-order valence-electron chi connectivity index (χ3n) is 3.05. The Kier molecular flexibility index (Phi) is 3.89. The lowest BCUT2D eigenvalue weighted by molar-refractivity contribution is -0.120. The van der Waals surface area contributed by atoms with Gasteiger partial charge in [-0.1, -0.05) is 23.7 Å². The van der Waals surface area contributed by atoms with E-state index in [0.29, 0.717) is 28.4 Å². The van der Waals surface area contributed by atoms with Crippen LogP contribution in [-0.2, 0) is 4.79 Å². The third-order valence-corrected chi connectivity index (χ3v) is 3.30. The molecule has 0 aliphatic heterocycles. The van der Waals surface area contributed by atoms with Crippen molar-refractivity contribution >= 4 is 18.1 Å². The van der Waals surface area contributed by atoms with E-state index in [1.165, 1.54) is 12.1 Å². The highest BCUT2D eigenvalue weighted by Gasteiger charge is 2.13. The van der Waals surface area contributed by atoms with Gasteiger partial charge in [0.1, 0.15) is 5.82 Å². The molecule has 0 aliphatic rings. The number of carbonyl (C=O) groups excluding carboxylic acids is 1. The van der Waals surface area contributed by atoms with E-state index in [9.17, 15) is 9.18 Å². The van der Waals surface area contributed by atoms with Gasteiger partial charge in [-0.25, -0.2) is 9.07 Å². The van der Waals surface area contributed by atoms with Crippen molar-refractivity contribution in [1.29, 1.82) is 0 Å². The molecular weight excluding hydrogens is 307 g/mol. The minimum absolute atomic E-state index is 0.129. The van der Waals surface area contributed by atoms with Gasteiger partial charge >= 0.3 is 0 Å². The number of rotatable bonds is 4. The fourth-order valence-corrected chi connectivity index (χ4v) is 2.22. The van der Waals surface area contributed by atoms with Crippen molar-refractivity contribution in [1.82, 2.24) is 9.78 Å². The van der Waals surface area contributed by atoms with Crippen LogP contribution < -0.4 is 4.74 Å². The summed E-state index contributed by atoms with van der Waals surface area (Å²) in [6, 6.07) is 14.6. The molecule has 3 aromatic rings. The summed E-state index contributed by atoms with van der Waals surface area (Å²) in [6.07, 6.45) is 0. The van der Waals surface area contributed by atoms with Gasteiger partial charge in [0.25, 0.3) is 6.47 Å². The van der Waals surface area contributed by atoms with Crippen LogP contribution in [-0.4, -0.2) is 16.3 Å². The second-order valence-electron chi connectivity index (χ2n) is 4.48. The van der Waals surface area contributed by atoms with E-state index in [4.69, 9.17) is 16.3 Å². The first-order valence-electron chi connectivity index (χ1n) is 6.39. The van der Waals surface area contributed by atoms with Crippen LogP contribution in [0.1, 0.15) is 0 Å². The number of hydrogen-bond donors (Lipinski definition) is 0. The van der Waals surface area contributed by atoms with Crippen LogP contribution >= 0.6 is 11.6 Å². The Labute approximate surface area is 130 Å². The first-order chi connectivity index (χ1) is 10.7. The van der Waals surface area contributed by atoms with E-state index in [0.717, 1.165) is 0 Å². The zero-order valence-electron chi connectivity index (χ0n) is 11.2. The molecule has 22 heavy (non-hydrogen) atoms. The maximum atomic E-state index is 13.5. The second kappa shape index (κ2) is 5.99. The Morgan fingerprint density at radius 2 is 1.91 bits per heavy atom. The summed E-state index contributed by atoms with van der Waals surface area (Å²) in [4.78, 5) is 10.5. The maximum Gasteiger partial charge on any atom is 0.299 e. The van der Waals surface area contributed by atoms with Crippen molar-refractivity contribution in [2.45, 2.75) is 0 Å². The van der Waals surface area contributed by atoms with Crippen LogP contribution in [0.3, 0.4) is 0 Å². The van der Waals surface area contributed by atoms with Gasteiger partial charge in [-0.15, -0.1) is 5.10 Å². The van der Waals surface area contributed by atoms with E-state index in [-0.39, 0.29) is 11.7 Å². The first-order valence-corrected chi connectivity index (χ1v) is 6.77. The van der Waals surface area contributed by atoms with Crippen molar-refractivity contribution in [2.24, 2.45) is 0 Å². The Balaban J connectivity index is 2.15. The molecule has 110 valence electrons. The Hall–Kier alpha value is -2.66. The Morgan fingerprint density at radius 1 is 1.14 bits per heavy atom. The maximum absolute atomic E-state index is 13.5. The molecule has 0 saturated carbocycles. The lowest BCUT2D eigenvalue weighted by Crippen LogP contribution is -1.99. The topological polar surface area (TPSA) is 44.1 Å². The molecule has 0 radical (unpaired) electrons. The number of aromatic nitrogens is 2. The Bertz CT molecular complexity index is 815. The third kappa shape index (κ3) is 2.84. The lowest BCUT2D eigenvalue weighted by Gasteiger charge is -2.07. The van der Waals surface area contributed by atoms with Gasteiger partial charge in [0.15, 0.2) is 0 Å². The SMILES string of the molecule is O=COc1cc(-c2cccc(F)c2)n(-c2ccc(Cl)cc2)n1. The summed E-state index contributed by atoms with van der Waals surface area (Å²) in [7, 11) is 0. The van der Waals surface area contributed by atoms with Crippen molar-refractivity contribution in [2.75, 3.05) is 0 Å². The fraction of sp³-hybridized carbons (Fsp3) is 0. The molecule has 0 saturated heterocycles. The average Bonchev–Trinajstić information content (AvgIpc) is 2.92. The molecule has 0 spiro atoms. The van der Waals surface area contributed by atoms with Crippen molar-refractivity contribution in [3.05, 3.63) is 65.4 Å². The van der Waals surface area contributed by atoms with Crippen molar-refractivity contribution < 1.29 is 13.9 Å².